The van der Waals surface area contributed by atoms with Crippen LogP contribution in [0.25, 0.3) is 0 Å². The maximum atomic E-state index is 9.07. The van der Waals surface area contributed by atoms with Crippen molar-refractivity contribution in [2.75, 3.05) is 0 Å². The van der Waals surface area contributed by atoms with Crippen molar-refractivity contribution in [2.24, 2.45) is 20.5 Å². The number of hydrogen-bond donors (Lipinski definition) is 1. The molecule has 0 radical (unpaired) electrons. The largest absolute Gasteiger partial charge is 0.508 e. The molecule has 0 atom stereocenters. The van der Waals surface area contributed by atoms with Crippen LogP contribution in [0.2, 0.25) is 0 Å². The van der Waals surface area contributed by atoms with Crippen LogP contribution in [0.1, 0.15) is 5.56 Å². The summed E-state index contributed by atoms with van der Waals surface area (Å²) in [7, 11) is 0. The summed E-state index contributed by atoms with van der Waals surface area (Å²) >= 11 is 0. The minimum atomic E-state index is 0.230. The number of benzene rings is 4. The van der Waals surface area contributed by atoms with E-state index in [9.17, 15) is 0 Å². The second-order valence-corrected chi connectivity index (χ2v) is 6.42. The van der Waals surface area contributed by atoms with E-state index in [0.717, 1.165) is 22.7 Å². The van der Waals surface area contributed by atoms with Gasteiger partial charge in [0, 0.05) is 0 Å². The second-order valence-electron chi connectivity index (χ2n) is 6.42. The van der Waals surface area contributed by atoms with Crippen LogP contribution >= 0.6 is 0 Å². The summed E-state index contributed by atoms with van der Waals surface area (Å²) in [6, 6.07) is 33.8. The van der Waals surface area contributed by atoms with E-state index in [1.54, 1.807) is 24.3 Å². The Bertz CT molecular complexity index is 985. The fourth-order valence-corrected chi connectivity index (χ4v) is 2.35. The molecule has 5 nitrogen and oxygen atoms in total. The molecule has 30 heavy (non-hydrogen) atoms. The normalized spacial score (nSPS) is 10.7. The van der Waals surface area contributed by atoms with Crippen LogP contribution in [0.4, 0.5) is 22.7 Å². The number of phenols is 1. The number of nitrogens with zero attached hydrogens (tertiary/aromatic N) is 4. The summed E-state index contributed by atoms with van der Waals surface area (Å²) in [4.78, 5) is 0. The molecular weight excluding hydrogens is 372 g/mol. The number of hydrogen-bond acceptors (Lipinski definition) is 5. The molecule has 4 aromatic rings. The monoisotopic (exact) mass is 394 g/mol. The Morgan fingerprint density at radius 1 is 0.433 bits per heavy atom. The van der Waals surface area contributed by atoms with Crippen LogP contribution in [-0.4, -0.2) is 5.11 Å². The second kappa shape index (κ2) is 11.0. The summed E-state index contributed by atoms with van der Waals surface area (Å²) < 4.78 is 0. The van der Waals surface area contributed by atoms with Gasteiger partial charge in [-0.25, -0.2) is 0 Å². The lowest BCUT2D eigenvalue weighted by molar-refractivity contribution is 0.475. The zero-order valence-electron chi connectivity index (χ0n) is 16.6. The van der Waals surface area contributed by atoms with E-state index in [-0.39, 0.29) is 5.75 Å². The highest BCUT2D eigenvalue weighted by Gasteiger charge is 1.91. The molecule has 148 valence electrons. The zero-order valence-corrected chi connectivity index (χ0v) is 16.6. The van der Waals surface area contributed by atoms with Gasteiger partial charge >= 0.3 is 0 Å². The van der Waals surface area contributed by atoms with Crippen molar-refractivity contribution in [3.05, 3.63) is 115 Å². The van der Waals surface area contributed by atoms with Crippen molar-refractivity contribution in [1.29, 1.82) is 0 Å². The Kier molecular flexibility index (Phi) is 7.57. The average molecular weight is 394 g/mol. The maximum Gasteiger partial charge on any atom is 0.115 e. The maximum absolute atomic E-state index is 9.07. The third kappa shape index (κ3) is 7.13. The van der Waals surface area contributed by atoms with Gasteiger partial charge in [-0.1, -0.05) is 54.1 Å². The molecule has 4 aromatic carbocycles. The van der Waals surface area contributed by atoms with Gasteiger partial charge < -0.3 is 5.11 Å². The van der Waals surface area contributed by atoms with Crippen LogP contribution in [0.5, 0.6) is 5.75 Å². The van der Waals surface area contributed by atoms with Crippen LogP contribution in [0, 0.1) is 6.92 Å². The minimum Gasteiger partial charge on any atom is -0.508 e. The first-order valence-electron chi connectivity index (χ1n) is 9.48. The van der Waals surface area contributed by atoms with E-state index in [0.29, 0.717) is 0 Å². The van der Waals surface area contributed by atoms with Crippen molar-refractivity contribution >= 4 is 22.7 Å². The summed E-state index contributed by atoms with van der Waals surface area (Å²) in [5, 5.41) is 25.4. The summed E-state index contributed by atoms with van der Waals surface area (Å²) in [5.41, 5.74) is 4.51. The van der Waals surface area contributed by atoms with E-state index in [1.807, 2.05) is 84.9 Å². The molecule has 0 aromatic heterocycles. The lowest BCUT2D eigenvalue weighted by atomic mass is 10.2. The number of phenolic OH excluding ortho intramolecular Hbond substituents is 1. The molecular formula is C25H22N4O. The lowest BCUT2D eigenvalue weighted by Gasteiger charge is -1.93. The first kappa shape index (κ1) is 20.6. The highest BCUT2D eigenvalue weighted by molar-refractivity contribution is 5.42. The van der Waals surface area contributed by atoms with Gasteiger partial charge in [-0.05, 0) is 67.6 Å². The first-order valence-corrected chi connectivity index (χ1v) is 9.48. The van der Waals surface area contributed by atoms with Gasteiger partial charge in [-0.15, -0.1) is 0 Å². The molecule has 1 N–H and O–H groups in total. The van der Waals surface area contributed by atoms with Crippen molar-refractivity contribution in [1.82, 2.24) is 0 Å². The van der Waals surface area contributed by atoms with Crippen molar-refractivity contribution in [3.63, 3.8) is 0 Å². The van der Waals surface area contributed by atoms with Crippen LogP contribution in [-0.2, 0) is 0 Å². The topological polar surface area (TPSA) is 69.7 Å². The number of aryl methyl sites for hydroxylation is 1. The van der Waals surface area contributed by atoms with E-state index in [2.05, 4.69) is 27.4 Å². The Balaban J connectivity index is 0.000000171. The molecule has 0 aliphatic carbocycles. The Labute approximate surface area is 176 Å². The third-order valence-electron chi connectivity index (χ3n) is 3.96. The number of aromatic hydroxyl groups is 1. The SMILES string of the molecule is Cc1ccc(N=Nc2ccccc2)cc1.Oc1ccc(N=Nc2ccccc2)cc1. The Morgan fingerprint density at radius 2 is 0.767 bits per heavy atom. The van der Waals surface area contributed by atoms with Gasteiger partial charge in [0.1, 0.15) is 5.75 Å². The Morgan fingerprint density at radius 3 is 1.17 bits per heavy atom. The predicted octanol–water partition coefficient (Wildman–Crippen LogP) is 8.22. The standard InChI is InChI=1S/C13H12N2.C12H10N2O/c1-11-7-9-13(10-8-11)15-14-12-5-3-2-4-6-12;15-12-8-6-11(7-9-12)14-13-10-4-2-1-3-5-10/h2-10H,1H3;1-9,15H. The van der Waals surface area contributed by atoms with Gasteiger partial charge in [0.25, 0.3) is 0 Å². The molecule has 0 aliphatic heterocycles. The first-order chi connectivity index (χ1) is 14.7. The molecule has 0 saturated heterocycles. The molecule has 4 rings (SSSR count). The molecule has 0 bridgehead atoms. The van der Waals surface area contributed by atoms with Crippen LogP contribution < -0.4 is 0 Å². The molecule has 0 aliphatic rings. The molecule has 0 heterocycles. The van der Waals surface area contributed by atoms with E-state index in [4.69, 9.17) is 5.11 Å². The van der Waals surface area contributed by atoms with E-state index < -0.39 is 0 Å². The highest BCUT2D eigenvalue weighted by atomic mass is 16.3. The molecule has 0 unspecified atom stereocenters. The minimum absolute atomic E-state index is 0.230. The summed E-state index contributed by atoms with van der Waals surface area (Å²) in [5.74, 6) is 0.230. The number of rotatable bonds is 4. The fraction of sp³-hybridized carbons (Fsp3) is 0.0400. The van der Waals surface area contributed by atoms with Crippen LogP contribution in [0.15, 0.2) is 130 Å². The summed E-state index contributed by atoms with van der Waals surface area (Å²) in [6.07, 6.45) is 0. The quantitative estimate of drug-likeness (QED) is 0.348. The third-order valence-corrected chi connectivity index (χ3v) is 3.96. The Hall–Kier alpha value is -4.12. The van der Waals surface area contributed by atoms with Crippen molar-refractivity contribution in [3.8, 4) is 5.75 Å². The fourth-order valence-electron chi connectivity index (χ4n) is 2.35. The van der Waals surface area contributed by atoms with Crippen LogP contribution in [0.3, 0.4) is 0 Å². The molecule has 0 spiro atoms. The van der Waals surface area contributed by atoms with Gasteiger partial charge in [0.2, 0.25) is 0 Å². The molecule has 5 heteroatoms. The highest BCUT2D eigenvalue weighted by Crippen LogP contribution is 2.20. The van der Waals surface area contributed by atoms with E-state index in [1.165, 1.54) is 5.56 Å². The molecule has 0 saturated carbocycles. The molecule has 0 amide bonds. The molecule has 0 fully saturated rings. The predicted molar refractivity (Wildman–Crippen MR) is 121 cm³/mol. The summed E-state index contributed by atoms with van der Waals surface area (Å²) in [6.45, 7) is 2.05. The lowest BCUT2D eigenvalue weighted by Crippen LogP contribution is -1.68. The average Bonchev–Trinajstić information content (AvgIpc) is 2.80. The van der Waals surface area contributed by atoms with Crippen molar-refractivity contribution < 1.29 is 5.11 Å². The zero-order chi connectivity index (χ0) is 21.0. The van der Waals surface area contributed by atoms with Gasteiger partial charge in [-0.2, -0.15) is 20.5 Å². The van der Waals surface area contributed by atoms with Crippen molar-refractivity contribution in [2.45, 2.75) is 6.92 Å². The van der Waals surface area contributed by atoms with Gasteiger partial charge in [0.05, 0.1) is 22.7 Å². The van der Waals surface area contributed by atoms with E-state index >= 15 is 0 Å². The number of azo groups is 2. The van der Waals surface area contributed by atoms with Gasteiger partial charge in [-0.3, -0.25) is 0 Å². The van der Waals surface area contributed by atoms with Gasteiger partial charge in [0.15, 0.2) is 0 Å². The smallest absolute Gasteiger partial charge is 0.115 e.